The number of aldehydes is 1. The monoisotopic (exact) mass is 144 g/mol. The molecule has 0 rings (SSSR count). The van der Waals surface area contributed by atoms with E-state index in [0.29, 0.717) is 19.3 Å². The summed E-state index contributed by atoms with van der Waals surface area (Å²) in [7, 11) is 0. The van der Waals surface area contributed by atoms with E-state index in [2.05, 4.69) is 0 Å². The van der Waals surface area contributed by atoms with Crippen LogP contribution in [0.2, 0.25) is 0 Å². The summed E-state index contributed by atoms with van der Waals surface area (Å²) in [5.74, 6) is -1.14. The van der Waals surface area contributed by atoms with Crippen LogP contribution >= 0.6 is 0 Å². The van der Waals surface area contributed by atoms with Crippen LogP contribution in [-0.4, -0.2) is 17.4 Å². The second-order valence-electron chi connectivity index (χ2n) is 2.19. The molecular formula is C7H12O3. The van der Waals surface area contributed by atoms with Crippen LogP contribution in [0.15, 0.2) is 0 Å². The molecule has 0 saturated heterocycles. The molecule has 0 aromatic carbocycles. The molecule has 0 aromatic heterocycles. The lowest BCUT2D eigenvalue weighted by atomic mass is 10.0. The maximum absolute atomic E-state index is 10.3. The Bertz CT molecular complexity index is 120. The molecule has 1 N–H and O–H groups in total. The van der Waals surface area contributed by atoms with Gasteiger partial charge in [-0.3, -0.25) is 4.79 Å². The fourth-order valence-electron chi connectivity index (χ4n) is 0.771. The fraction of sp³-hybridized carbons (Fsp3) is 0.714. The zero-order chi connectivity index (χ0) is 7.98. The van der Waals surface area contributed by atoms with Crippen LogP contribution in [-0.2, 0) is 9.59 Å². The Hall–Kier alpha value is -0.860. The predicted octanol–water partition coefficient (Wildman–Crippen LogP) is 1.08. The third-order valence-electron chi connectivity index (χ3n) is 1.48. The number of rotatable bonds is 5. The Kier molecular flexibility index (Phi) is 4.54. The number of hydrogen-bond donors (Lipinski definition) is 1. The smallest absolute Gasteiger partial charge is 0.306 e. The largest absolute Gasteiger partial charge is 0.481 e. The quantitative estimate of drug-likeness (QED) is 0.587. The maximum Gasteiger partial charge on any atom is 0.306 e. The zero-order valence-corrected chi connectivity index (χ0v) is 6.04. The van der Waals surface area contributed by atoms with Gasteiger partial charge in [0.15, 0.2) is 0 Å². The molecule has 0 fully saturated rings. The van der Waals surface area contributed by atoms with Gasteiger partial charge in [-0.1, -0.05) is 6.92 Å². The summed E-state index contributed by atoms with van der Waals surface area (Å²) in [6.45, 7) is 1.81. The number of carbonyl (C=O) groups excluding carboxylic acids is 1. The number of aliphatic carboxylic acids is 1. The van der Waals surface area contributed by atoms with Gasteiger partial charge in [-0.2, -0.15) is 0 Å². The van der Waals surface area contributed by atoms with E-state index < -0.39 is 5.97 Å². The third-order valence-corrected chi connectivity index (χ3v) is 1.48. The highest BCUT2D eigenvalue weighted by atomic mass is 16.4. The number of carboxylic acid groups (broad SMARTS) is 1. The van der Waals surface area contributed by atoms with Gasteiger partial charge < -0.3 is 9.90 Å². The van der Waals surface area contributed by atoms with E-state index in [4.69, 9.17) is 5.11 Å². The minimum absolute atomic E-state index is 0.342. The molecule has 1 atom stereocenters. The third kappa shape index (κ3) is 3.22. The average Bonchev–Trinajstić information content (AvgIpc) is 1.89. The summed E-state index contributed by atoms with van der Waals surface area (Å²) in [5, 5.41) is 8.48. The van der Waals surface area contributed by atoms with Crippen molar-refractivity contribution in [2.24, 2.45) is 5.92 Å². The molecule has 10 heavy (non-hydrogen) atoms. The molecule has 0 aliphatic carbocycles. The second-order valence-corrected chi connectivity index (χ2v) is 2.19. The van der Waals surface area contributed by atoms with Crippen molar-refractivity contribution in [2.45, 2.75) is 26.2 Å². The molecule has 0 aromatic rings. The van der Waals surface area contributed by atoms with E-state index in [1.165, 1.54) is 0 Å². The van der Waals surface area contributed by atoms with Crippen molar-refractivity contribution in [3.8, 4) is 0 Å². The van der Waals surface area contributed by atoms with Gasteiger partial charge in [0.25, 0.3) is 0 Å². The van der Waals surface area contributed by atoms with Crippen molar-refractivity contribution in [3.63, 3.8) is 0 Å². The molecule has 0 radical (unpaired) electrons. The van der Waals surface area contributed by atoms with Gasteiger partial charge >= 0.3 is 5.97 Å². The first-order chi connectivity index (χ1) is 4.72. The molecule has 3 heteroatoms. The Morgan fingerprint density at radius 1 is 1.70 bits per heavy atom. The zero-order valence-electron chi connectivity index (χ0n) is 6.04. The van der Waals surface area contributed by atoms with E-state index in [1.807, 2.05) is 6.92 Å². The van der Waals surface area contributed by atoms with Gasteiger partial charge in [0.2, 0.25) is 0 Å². The first kappa shape index (κ1) is 9.14. The van der Waals surface area contributed by atoms with Crippen LogP contribution in [0.4, 0.5) is 0 Å². The Labute approximate surface area is 60.0 Å². The van der Waals surface area contributed by atoms with Crippen LogP contribution < -0.4 is 0 Å². The van der Waals surface area contributed by atoms with E-state index >= 15 is 0 Å². The number of carbonyl (C=O) groups is 2. The lowest BCUT2D eigenvalue weighted by Gasteiger charge is -2.04. The van der Waals surface area contributed by atoms with Crippen molar-refractivity contribution in [2.75, 3.05) is 0 Å². The van der Waals surface area contributed by atoms with Gasteiger partial charge in [-0.25, -0.2) is 0 Å². The van der Waals surface area contributed by atoms with Crippen LogP contribution in [0, 0.1) is 5.92 Å². The van der Waals surface area contributed by atoms with E-state index in [-0.39, 0.29) is 5.92 Å². The molecule has 0 amide bonds. The maximum atomic E-state index is 10.3. The normalized spacial score (nSPS) is 12.5. The average molecular weight is 144 g/mol. The highest BCUT2D eigenvalue weighted by Crippen LogP contribution is 2.09. The molecule has 0 heterocycles. The van der Waals surface area contributed by atoms with Crippen LogP contribution in [0.25, 0.3) is 0 Å². The SMILES string of the molecule is CCC(CCC=O)C(=O)O. The predicted molar refractivity (Wildman–Crippen MR) is 36.7 cm³/mol. The van der Waals surface area contributed by atoms with E-state index in [1.54, 1.807) is 0 Å². The van der Waals surface area contributed by atoms with Crippen molar-refractivity contribution < 1.29 is 14.7 Å². The summed E-state index contributed by atoms with van der Waals surface area (Å²) in [4.78, 5) is 20.2. The number of hydrogen-bond acceptors (Lipinski definition) is 2. The molecule has 58 valence electrons. The Morgan fingerprint density at radius 2 is 2.30 bits per heavy atom. The first-order valence-corrected chi connectivity index (χ1v) is 3.38. The van der Waals surface area contributed by atoms with Crippen molar-refractivity contribution in [3.05, 3.63) is 0 Å². The highest BCUT2D eigenvalue weighted by Gasteiger charge is 2.13. The molecular weight excluding hydrogens is 132 g/mol. The van der Waals surface area contributed by atoms with Crippen LogP contribution in [0.1, 0.15) is 26.2 Å². The summed E-state index contributed by atoms with van der Waals surface area (Å²) >= 11 is 0. The van der Waals surface area contributed by atoms with Gasteiger partial charge in [-0.15, -0.1) is 0 Å². The summed E-state index contributed by atoms with van der Waals surface area (Å²) < 4.78 is 0. The molecule has 3 nitrogen and oxygen atoms in total. The van der Waals surface area contributed by atoms with Gasteiger partial charge in [0, 0.05) is 6.42 Å². The standard InChI is InChI=1S/C7H12O3/c1-2-6(7(9)10)4-3-5-8/h5-6H,2-4H2,1H3,(H,9,10). The topological polar surface area (TPSA) is 54.4 Å². The molecule has 0 bridgehead atoms. The molecule has 0 aliphatic rings. The fourth-order valence-corrected chi connectivity index (χ4v) is 0.771. The summed E-state index contributed by atoms with van der Waals surface area (Å²) in [6.07, 6.45) is 2.18. The van der Waals surface area contributed by atoms with Crippen molar-refractivity contribution in [1.29, 1.82) is 0 Å². The lowest BCUT2D eigenvalue weighted by Crippen LogP contribution is -2.12. The van der Waals surface area contributed by atoms with Crippen LogP contribution in [0.5, 0.6) is 0 Å². The van der Waals surface area contributed by atoms with Crippen LogP contribution in [0.3, 0.4) is 0 Å². The highest BCUT2D eigenvalue weighted by molar-refractivity contribution is 5.70. The van der Waals surface area contributed by atoms with E-state index in [9.17, 15) is 9.59 Å². The molecule has 0 saturated carbocycles. The first-order valence-electron chi connectivity index (χ1n) is 3.38. The molecule has 0 spiro atoms. The van der Waals surface area contributed by atoms with Crippen molar-refractivity contribution in [1.82, 2.24) is 0 Å². The minimum Gasteiger partial charge on any atom is -0.481 e. The molecule has 0 aliphatic heterocycles. The minimum atomic E-state index is -0.802. The number of carboxylic acids is 1. The lowest BCUT2D eigenvalue weighted by molar-refractivity contribution is -0.142. The van der Waals surface area contributed by atoms with Gasteiger partial charge in [0.1, 0.15) is 6.29 Å². The van der Waals surface area contributed by atoms with Gasteiger partial charge in [-0.05, 0) is 12.8 Å². The van der Waals surface area contributed by atoms with E-state index in [0.717, 1.165) is 6.29 Å². The Balaban J connectivity index is 3.60. The summed E-state index contributed by atoms with van der Waals surface area (Å²) in [5.41, 5.74) is 0. The Morgan fingerprint density at radius 3 is 2.60 bits per heavy atom. The summed E-state index contributed by atoms with van der Waals surface area (Å²) in [6, 6.07) is 0. The second kappa shape index (κ2) is 4.97. The van der Waals surface area contributed by atoms with Crippen molar-refractivity contribution >= 4 is 12.3 Å². The molecule has 1 unspecified atom stereocenters. The van der Waals surface area contributed by atoms with Gasteiger partial charge in [0.05, 0.1) is 5.92 Å².